The van der Waals surface area contributed by atoms with Crippen LogP contribution in [0, 0.1) is 11.3 Å². The summed E-state index contributed by atoms with van der Waals surface area (Å²) in [6.07, 6.45) is 3.11. The molecule has 7 nitrogen and oxygen atoms in total. The number of aryl methyl sites for hydroxylation is 1. The number of rotatable bonds is 4. The van der Waals surface area contributed by atoms with Gasteiger partial charge in [-0.15, -0.1) is 0 Å². The maximum absolute atomic E-state index is 12.0. The molecule has 2 aromatic heterocycles. The van der Waals surface area contributed by atoms with E-state index in [-0.39, 0.29) is 11.8 Å². The van der Waals surface area contributed by atoms with E-state index in [1.54, 1.807) is 27.7 Å². The lowest BCUT2D eigenvalue weighted by atomic mass is 9.97. The zero-order valence-corrected chi connectivity index (χ0v) is 14.0. The first-order valence-electron chi connectivity index (χ1n) is 8.18. The van der Waals surface area contributed by atoms with E-state index in [1.807, 2.05) is 37.3 Å². The van der Waals surface area contributed by atoms with Gasteiger partial charge in [-0.25, -0.2) is 14.5 Å². The van der Waals surface area contributed by atoms with Crippen LogP contribution in [0.15, 0.2) is 64.3 Å². The van der Waals surface area contributed by atoms with Gasteiger partial charge >= 0.3 is 5.76 Å². The molecule has 0 N–H and O–H groups in total. The Morgan fingerprint density at radius 3 is 2.62 bits per heavy atom. The molecule has 0 bridgehead atoms. The standard InChI is InChI=1S/C19H15N5O2/c1-2-23-16-8-7-15(9-17(16)26-19(23)25)18(24-12-21-11-22-24)14-5-3-13(10-20)4-6-14/h3-9,11-12,18H,2H2,1H3. The first-order valence-corrected chi connectivity index (χ1v) is 8.18. The molecule has 0 spiro atoms. The molecule has 0 aliphatic rings. The van der Waals surface area contributed by atoms with Crippen molar-refractivity contribution in [2.45, 2.75) is 19.5 Å². The molecule has 0 saturated carbocycles. The lowest BCUT2D eigenvalue weighted by Gasteiger charge is -2.18. The minimum atomic E-state index is -0.365. The summed E-state index contributed by atoms with van der Waals surface area (Å²) in [5.74, 6) is -0.365. The van der Waals surface area contributed by atoms with E-state index >= 15 is 0 Å². The first kappa shape index (κ1) is 15.8. The number of nitriles is 1. The van der Waals surface area contributed by atoms with Gasteiger partial charge in [0, 0.05) is 6.54 Å². The second kappa shape index (κ2) is 6.33. The average molecular weight is 345 g/mol. The Hall–Kier alpha value is -3.66. The van der Waals surface area contributed by atoms with Crippen LogP contribution >= 0.6 is 0 Å². The minimum Gasteiger partial charge on any atom is -0.408 e. The Kier molecular flexibility index (Phi) is 3.86. The molecule has 0 radical (unpaired) electrons. The van der Waals surface area contributed by atoms with Crippen molar-refractivity contribution in [1.29, 1.82) is 5.26 Å². The Morgan fingerprint density at radius 1 is 1.19 bits per heavy atom. The predicted molar refractivity (Wildman–Crippen MR) is 94.6 cm³/mol. The van der Waals surface area contributed by atoms with Gasteiger partial charge in [0.2, 0.25) is 0 Å². The van der Waals surface area contributed by atoms with Crippen molar-refractivity contribution in [1.82, 2.24) is 19.3 Å². The van der Waals surface area contributed by atoms with Crippen molar-refractivity contribution in [2.24, 2.45) is 0 Å². The van der Waals surface area contributed by atoms with Crippen molar-refractivity contribution >= 4 is 11.1 Å². The van der Waals surface area contributed by atoms with Gasteiger partial charge in [0.25, 0.3) is 0 Å². The summed E-state index contributed by atoms with van der Waals surface area (Å²) in [6, 6.07) is 14.9. The molecule has 0 saturated heterocycles. The van der Waals surface area contributed by atoms with Crippen LogP contribution in [0.2, 0.25) is 0 Å². The van der Waals surface area contributed by atoms with E-state index in [2.05, 4.69) is 16.2 Å². The van der Waals surface area contributed by atoms with Crippen LogP contribution in [0.4, 0.5) is 0 Å². The smallest absolute Gasteiger partial charge is 0.408 e. The molecule has 26 heavy (non-hydrogen) atoms. The minimum absolute atomic E-state index is 0.245. The van der Waals surface area contributed by atoms with E-state index in [0.717, 1.165) is 16.6 Å². The second-order valence-electron chi connectivity index (χ2n) is 5.85. The summed E-state index contributed by atoms with van der Waals surface area (Å²) in [4.78, 5) is 16.0. The van der Waals surface area contributed by atoms with Gasteiger partial charge in [-0.3, -0.25) is 4.57 Å². The van der Waals surface area contributed by atoms with Gasteiger partial charge in [0.1, 0.15) is 18.7 Å². The summed E-state index contributed by atoms with van der Waals surface area (Å²) in [6.45, 7) is 2.45. The predicted octanol–water partition coefficient (Wildman–Crippen LogP) is 2.72. The molecule has 4 aromatic rings. The molecule has 2 aromatic carbocycles. The average Bonchev–Trinajstić information content (AvgIpc) is 3.29. The summed E-state index contributed by atoms with van der Waals surface area (Å²) < 4.78 is 8.71. The Balaban J connectivity index is 1.87. The van der Waals surface area contributed by atoms with Crippen molar-refractivity contribution in [3.63, 3.8) is 0 Å². The quantitative estimate of drug-likeness (QED) is 0.567. The molecule has 0 fully saturated rings. The molecule has 0 amide bonds. The van der Waals surface area contributed by atoms with E-state index in [1.165, 1.54) is 6.33 Å². The van der Waals surface area contributed by atoms with E-state index < -0.39 is 0 Å². The Labute approximate surface area is 148 Å². The van der Waals surface area contributed by atoms with Crippen LogP contribution in [-0.4, -0.2) is 19.3 Å². The van der Waals surface area contributed by atoms with E-state index in [9.17, 15) is 4.79 Å². The zero-order chi connectivity index (χ0) is 18.1. The number of hydrogen-bond acceptors (Lipinski definition) is 5. The highest BCUT2D eigenvalue weighted by atomic mass is 16.4. The summed E-state index contributed by atoms with van der Waals surface area (Å²) >= 11 is 0. The SMILES string of the molecule is CCn1c(=O)oc2cc(C(c3ccc(C#N)cc3)n3cncn3)ccc21. The lowest BCUT2D eigenvalue weighted by Crippen LogP contribution is -2.13. The number of aromatic nitrogens is 4. The van der Waals surface area contributed by atoms with Crippen LogP contribution < -0.4 is 5.76 Å². The molecule has 4 rings (SSSR count). The first-order chi connectivity index (χ1) is 12.7. The van der Waals surface area contributed by atoms with Crippen molar-refractivity contribution in [2.75, 3.05) is 0 Å². The molecule has 7 heteroatoms. The fourth-order valence-electron chi connectivity index (χ4n) is 3.14. The molecule has 2 heterocycles. The molecule has 1 unspecified atom stereocenters. The van der Waals surface area contributed by atoms with Crippen LogP contribution in [-0.2, 0) is 6.54 Å². The third kappa shape index (κ3) is 2.58. The highest BCUT2D eigenvalue weighted by molar-refractivity contribution is 5.74. The van der Waals surface area contributed by atoms with E-state index in [0.29, 0.717) is 17.7 Å². The Morgan fingerprint density at radius 2 is 1.96 bits per heavy atom. The monoisotopic (exact) mass is 345 g/mol. The summed E-state index contributed by atoms with van der Waals surface area (Å²) in [7, 11) is 0. The molecule has 1 atom stereocenters. The lowest BCUT2D eigenvalue weighted by molar-refractivity contribution is 0.512. The largest absolute Gasteiger partial charge is 0.419 e. The fourth-order valence-corrected chi connectivity index (χ4v) is 3.14. The number of nitrogens with zero attached hydrogens (tertiary/aromatic N) is 5. The summed E-state index contributed by atoms with van der Waals surface area (Å²) in [5, 5.41) is 13.3. The number of fused-ring (bicyclic) bond motifs is 1. The topological polar surface area (TPSA) is 89.6 Å². The van der Waals surface area contributed by atoms with Gasteiger partial charge in [-0.2, -0.15) is 10.4 Å². The molecule has 128 valence electrons. The Bertz CT molecular complexity index is 1150. The molecule has 0 aliphatic heterocycles. The van der Waals surface area contributed by atoms with Gasteiger partial charge in [0.15, 0.2) is 5.58 Å². The van der Waals surface area contributed by atoms with Gasteiger partial charge in [-0.1, -0.05) is 18.2 Å². The normalized spacial score (nSPS) is 12.2. The number of hydrogen-bond donors (Lipinski definition) is 0. The van der Waals surface area contributed by atoms with Crippen molar-refractivity contribution in [3.8, 4) is 6.07 Å². The number of oxazole rings is 1. The highest BCUT2D eigenvalue weighted by Crippen LogP contribution is 2.28. The molecular weight excluding hydrogens is 330 g/mol. The van der Waals surface area contributed by atoms with Gasteiger partial charge in [-0.05, 0) is 42.3 Å². The summed E-state index contributed by atoms with van der Waals surface area (Å²) in [5.41, 5.74) is 3.75. The van der Waals surface area contributed by atoms with Crippen LogP contribution in [0.25, 0.3) is 11.1 Å². The van der Waals surface area contributed by atoms with Gasteiger partial charge in [0.05, 0.1) is 17.1 Å². The maximum atomic E-state index is 12.0. The fraction of sp³-hybridized carbons (Fsp3) is 0.158. The molecular formula is C19H15N5O2. The third-order valence-electron chi connectivity index (χ3n) is 4.38. The van der Waals surface area contributed by atoms with Crippen molar-refractivity contribution < 1.29 is 4.42 Å². The van der Waals surface area contributed by atoms with Crippen LogP contribution in [0.3, 0.4) is 0 Å². The third-order valence-corrected chi connectivity index (χ3v) is 4.38. The van der Waals surface area contributed by atoms with Crippen LogP contribution in [0.1, 0.15) is 29.7 Å². The van der Waals surface area contributed by atoms with Crippen LogP contribution in [0.5, 0.6) is 0 Å². The number of benzene rings is 2. The highest BCUT2D eigenvalue weighted by Gasteiger charge is 2.19. The maximum Gasteiger partial charge on any atom is 0.419 e. The molecule has 0 aliphatic carbocycles. The van der Waals surface area contributed by atoms with E-state index in [4.69, 9.17) is 9.68 Å². The van der Waals surface area contributed by atoms with Crippen molar-refractivity contribution in [3.05, 3.63) is 82.4 Å². The van der Waals surface area contributed by atoms with Gasteiger partial charge < -0.3 is 4.42 Å². The zero-order valence-electron chi connectivity index (χ0n) is 14.0. The second-order valence-corrected chi connectivity index (χ2v) is 5.85.